The molecule has 0 fully saturated rings. The van der Waals surface area contributed by atoms with Gasteiger partial charge < -0.3 is 29.5 Å². The molecule has 0 amide bonds. The first-order valence-electron chi connectivity index (χ1n) is 12.5. The molecule has 9 heteroatoms. The lowest BCUT2D eigenvalue weighted by molar-refractivity contribution is 0.0997. The average Bonchev–Trinajstić information content (AvgIpc) is 2.89. The Bertz CT molecular complexity index is 1390. The van der Waals surface area contributed by atoms with Crippen LogP contribution in [0.5, 0.6) is 17.2 Å². The molecule has 0 heterocycles. The van der Waals surface area contributed by atoms with Crippen molar-refractivity contribution >= 4 is 17.3 Å². The Morgan fingerprint density at radius 1 is 0.550 bits per heavy atom. The number of rotatable bonds is 12. The van der Waals surface area contributed by atoms with Crippen molar-refractivity contribution in [2.45, 2.75) is 46.5 Å². The average molecular weight is 551 g/mol. The molecule has 0 bridgehead atoms. The zero-order valence-electron chi connectivity index (χ0n) is 23.5. The van der Waals surface area contributed by atoms with Crippen molar-refractivity contribution in [3.8, 4) is 17.2 Å². The molecule has 0 aromatic heterocycles. The fourth-order valence-electron chi connectivity index (χ4n) is 4.84. The molecule has 9 nitrogen and oxygen atoms in total. The van der Waals surface area contributed by atoms with Gasteiger partial charge in [-0.25, -0.2) is 0 Å². The molecule has 0 spiro atoms. The van der Waals surface area contributed by atoms with Crippen LogP contribution in [0, 0.1) is 0 Å². The minimum atomic E-state index is -0.724. The Morgan fingerprint density at radius 3 is 1.20 bits per heavy atom. The maximum atomic E-state index is 12.5. The lowest BCUT2D eigenvalue weighted by Crippen LogP contribution is -2.11. The van der Waals surface area contributed by atoms with Crippen molar-refractivity contribution in [3.05, 3.63) is 86.5 Å². The topological polar surface area (TPSA) is 140 Å². The Balaban J connectivity index is 2.50. The predicted molar refractivity (Wildman–Crippen MR) is 147 cm³/mol. The van der Waals surface area contributed by atoms with E-state index in [0.717, 1.165) is 0 Å². The van der Waals surface area contributed by atoms with Crippen LogP contribution < -0.4 is 0 Å². The monoisotopic (exact) mass is 550 g/mol. The Kier molecular flexibility index (Phi) is 9.81. The van der Waals surface area contributed by atoms with Crippen LogP contribution in [0.3, 0.4) is 0 Å². The van der Waals surface area contributed by atoms with Gasteiger partial charge in [-0.1, -0.05) is 0 Å². The number of phenolic OH excluding ortho intramolecular Hbond substituents is 3. The first-order chi connectivity index (χ1) is 18.9. The SMILES string of the molecule is COCc1cc(C(c2cc(COC)c(O)c(C(C)=O)c2)c2cc(C(C)=O)c(O)c(C(C)=O)c2)cc(COC)c1O. The van der Waals surface area contributed by atoms with Crippen LogP contribution >= 0.6 is 0 Å². The Labute approximate surface area is 232 Å². The van der Waals surface area contributed by atoms with Gasteiger partial charge in [0.2, 0.25) is 0 Å². The van der Waals surface area contributed by atoms with Gasteiger partial charge in [-0.3, -0.25) is 14.4 Å². The summed E-state index contributed by atoms with van der Waals surface area (Å²) in [6, 6.07) is 9.70. The molecule has 0 radical (unpaired) electrons. The highest BCUT2D eigenvalue weighted by atomic mass is 16.5. The summed E-state index contributed by atoms with van der Waals surface area (Å²) in [7, 11) is 4.45. The highest BCUT2D eigenvalue weighted by Crippen LogP contribution is 2.41. The minimum Gasteiger partial charge on any atom is -0.507 e. The van der Waals surface area contributed by atoms with E-state index in [0.29, 0.717) is 33.4 Å². The number of ketones is 3. The van der Waals surface area contributed by atoms with Gasteiger partial charge in [0.05, 0.1) is 36.5 Å². The van der Waals surface area contributed by atoms with Crippen LogP contribution in [-0.4, -0.2) is 54.0 Å². The van der Waals surface area contributed by atoms with E-state index >= 15 is 0 Å². The first kappa shape index (κ1) is 30.5. The maximum Gasteiger partial charge on any atom is 0.163 e. The molecule has 3 aromatic carbocycles. The summed E-state index contributed by atoms with van der Waals surface area (Å²) in [5.41, 5.74) is 2.92. The number of hydrogen-bond donors (Lipinski definition) is 3. The summed E-state index contributed by atoms with van der Waals surface area (Å²) in [5, 5.41) is 32.3. The van der Waals surface area contributed by atoms with E-state index in [1.54, 1.807) is 24.3 Å². The molecule has 0 aliphatic rings. The van der Waals surface area contributed by atoms with E-state index < -0.39 is 23.2 Å². The van der Waals surface area contributed by atoms with Crippen molar-refractivity contribution < 1.29 is 43.9 Å². The number of benzene rings is 3. The van der Waals surface area contributed by atoms with Gasteiger partial charge in [-0.2, -0.15) is 0 Å². The zero-order chi connectivity index (χ0) is 29.7. The van der Waals surface area contributed by atoms with Crippen LogP contribution in [0.15, 0.2) is 36.4 Å². The van der Waals surface area contributed by atoms with Gasteiger partial charge in [0.1, 0.15) is 17.2 Å². The summed E-state index contributed by atoms with van der Waals surface area (Å²) >= 11 is 0. The standard InChI is InChI=1S/C31H34O9/c1-16(32)25-10-20(9-24(15-40-6)30(25)36)28(19-7-22(13-38-4)29(35)23(8-19)14-39-5)21-11-26(17(2)33)31(37)27(12-21)18(3)34/h7-12,28,35-37H,13-15H2,1-6H3. The molecule has 0 saturated heterocycles. The second-order valence-electron chi connectivity index (χ2n) is 9.63. The summed E-state index contributed by atoms with van der Waals surface area (Å²) in [5.74, 6) is -2.60. The van der Waals surface area contributed by atoms with Crippen LogP contribution in [0.2, 0.25) is 0 Å². The van der Waals surface area contributed by atoms with E-state index in [4.69, 9.17) is 14.2 Å². The largest absolute Gasteiger partial charge is 0.507 e. The summed E-state index contributed by atoms with van der Waals surface area (Å²) in [6.45, 7) is 4.09. The quantitative estimate of drug-likeness (QED) is 0.209. The fraction of sp³-hybridized carbons (Fsp3) is 0.323. The highest BCUT2D eigenvalue weighted by molar-refractivity contribution is 6.04. The van der Waals surface area contributed by atoms with E-state index in [9.17, 15) is 29.7 Å². The van der Waals surface area contributed by atoms with Crippen molar-refractivity contribution in [3.63, 3.8) is 0 Å². The second-order valence-corrected chi connectivity index (χ2v) is 9.63. The molecule has 3 aromatic rings. The Morgan fingerprint density at radius 2 is 0.850 bits per heavy atom. The van der Waals surface area contributed by atoms with Gasteiger partial charge in [0.15, 0.2) is 17.3 Å². The van der Waals surface area contributed by atoms with Crippen molar-refractivity contribution in [2.24, 2.45) is 0 Å². The number of phenols is 3. The first-order valence-corrected chi connectivity index (χ1v) is 12.5. The molecule has 0 aliphatic heterocycles. The number of ether oxygens (including phenoxy) is 3. The molecule has 0 aliphatic carbocycles. The van der Waals surface area contributed by atoms with Crippen LogP contribution in [-0.2, 0) is 34.0 Å². The van der Waals surface area contributed by atoms with Gasteiger partial charge in [-0.05, 0) is 73.9 Å². The fourth-order valence-corrected chi connectivity index (χ4v) is 4.84. The van der Waals surface area contributed by atoms with Crippen LogP contribution in [0.1, 0.15) is 91.1 Å². The van der Waals surface area contributed by atoms with Gasteiger partial charge >= 0.3 is 0 Å². The zero-order valence-corrected chi connectivity index (χ0v) is 23.5. The lowest BCUT2D eigenvalue weighted by atomic mass is 9.80. The van der Waals surface area contributed by atoms with E-state index in [-0.39, 0.29) is 53.8 Å². The highest BCUT2D eigenvalue weighted by Gasteiger charge is 2.27. The number of carbonyl (C=O) groups is 3. The number of Topliss-reactive ketones (excluding diaryl/α,β-unsaturated/α-hetero) is 3. The summed E-state index contributed by atoms with van der Waals surface area (Å²) in [6.07, 6.45) is 0. The number of aromatic hydroxyl groups is 3. The van der Waals surface area contributed by atoms with Gasteiger partial charge in [0.25, 0.3) is 0 Å². The number of methoxy groups -OCH3 is 3. The van der Waals surface area contributed by atoms with Gasteiger partial charge in [-0.15, -0.1) is 0 Å². The summed E-state index contributed by atoms with van der Waals surface area (Å²) in [4.78, 5) is 37.6. The maximum absolute atomic E-state index is 12.5. The lowest BCUT2D eigenvalue weighted by Gasteiger charge is -2.24. The normalized spacial score (nSPS) is 11.8. The molecule has 212 valence electrons. The van der Waals surface area contributed by atoms with E-state index in [1.165, 1.54) is 54.2 Å². The molecule has 3 N–H and O–H groups in total. The third-order valence-corrected chi connectivity index (χ3v) is 6.67. The van der Waals surface area contributed by atoms with Crippen LogP contribution in [0.4, 0.5) is 0 Å². The van der Waals surface area contributed by atoms with E-state index in [2.05, 4.69) is 0 Å². The van der Waals surface area contributed by atoms with Crippen molar-refractivity contribution in [1.29, 1.82) is 0 Å². The molecule has 1 atom stereocenters. The molecular formula is C31H34O9. The smallest absolute Gasteiger partial charge is 0.163 e. The summed E-state index contributed by atoms with van der Waals surface area (Å²) < 4.78 is 15.9. The number of carbonyl (C=O) groups excluding carboxylic acids is 3. The van der Waals surface area contributed by atoms with E-state index in [1.807, 2.05) is 0 Å². The molecule has 40 heavy (non-hydrogen) atoms. The van der Waals surface area contributed by atoms with Crippen molar-refractivity contribution in [1.82, 2.24) is 0 Å². The third-order valence-electron chi connectivity index (χ3n) is 6.67. The van der Waals surface area contributed by atoms with Crippen molar-refractivity contribution in [2.75, 3.05) is 21.3 Å². The second kappa shape index (κ2) is 12.9. The molecule has 0 saturated carbocycles. The predicted octanol–water partition coefficient (Wildman–Crippen LogP) is 5.03. The Hall–Kier alpha value is -4.05. The molecular weight excluding hydrogens is 516 g/mol. The molecule has 1 unspecified atom stereocenters. The van der Waals surface area contributed by atoms with Gasteiger partial charge in [0, 0.05) is 43.9 Å². The third kappa shape index (κ3) is 6.22. The minimum absolute atomic E-state index is 0.000888. The number of hydrogen-bond acceptors (Lipinski definition) is 9. The molecule has 3 rings (SSSR count). The van der Waals surface area contributed by atoms with Crippen LogP contribution in [0.25, 0.3) is 0 Å².